The third kappa shape index (κ3) is 3.06. The molecule has 0 bridgehead atoms. The van der Waals surface area contributed by atoms with Crippen molar-refractivity contribution >= 4 is 5.97 Å². The number of benzene rings is 2. The van der Waals surface area contributed by atoms with Crippen LogP contribution in [0.3, 0.4) is 0 Å². The normalized spacial score (nSPS) is 10.1. The van der Waals surface area contributed by atoms with E-state index < -0.39 is 5.97 Å². The molecule has 0 fully saturated rings. The molecule has 0 aliphatic heterocycles. The lowest BCUT2D eigenvalue weighted by atomic mass is 10.2. The van der Waals surface area contributed by atoms with E-state index in [1.807, 2.05) is 0 Å². The van der Waals surface area contributed by atoms with Crippen LogP contribution in [0.4, 0.5) is 4.39 Å². The molecule has 0 saturated carbocycles. The highest BCUT2D eigenvalue weighted by molar-refractivity contribution is 5.86. The van der Waals surface area contributed by atoms with Crippen molar-refractivity contribution in [2.75, 3.05) is 7.11 Å². The van der Waals surface area contributed by atoms with Gasteiger partial charge in [0, 0.05) is 11.1 Å². The number of rotatable bonds is 5. The van der Waals surface area contributed by atoms with Gasteiger partial charge in [0.05, 0.1) is 13.1 Å². The third-order valence-electron chi connectivity index (χ3n) is 2.74. The smallest absolute Gasteiger partial charge is 0.161 e. The number of carbonyl (C=O) groups is 1. The van der Waals surface area contributed by atoms with E-state index in [9.17, 15) is 14.3 Å². The maximum atomic E-state index is 13.4. The van der Waals surface area contributed by atoms with E-state index in [1.165, 1.54) is 31.4 Å². The summed E-state index contributed by atoms with van der Waals surface area (Å²) in [6, 6.07) is 10.3. The molecule has 0 unspecified atom stereocenters. The van der Waals surface area contributed by atoms with E-state index in [1.54, 1.807) is 18.2 Å². The number of aromatic carboxylic acids is 1. The molecule has 0 radical (unpaired) electrons. The summed E-state index contributed by atoms with van der Waals surface area (Å²) in [4.78, 5) is 10.7. The van der Waals surface area contributed by atoms with Gasteiger partial charge in [-0.15, -0.1) is 0 Å². The van der Waals surface area contributed by atoms with Crippen molar-refractivity contribution in [3.8, 4) is 11.5 Å². The molecule has 0 amide bonds. The molecule has 0 atom stereocenters. The van der Waals surface area contributed by atoms with Crippen LogP contribution >= 0.6 is 0 Å². The highest BCUT2D eigenvalue weighted by Crippen LogP contribution is 2.28. The predicted octanol–water partition coefficient (Wildman–Crippen LogP) is 1.78. The van der Waals surface area contributed by atoms with Crippen LogP contribution in [-0.2, 0) is 6.61 Å². The van der Waals surface area contributed by atoms with Crippen LogP contribution < -0.4 is 14.6 Å². The van der Waals surface area contributed by atoms with Gasteiger partial charge >= 0.3 is 0 Å². The van der Waals surface area contributed by atoms with Crippen molar-refractivity contribution in [3.63, 3.8) is 0 Å². The van der Waals surface area contributed by atoms with Gasteiger partial charge in [0.1, 0.15) is 12.4 Å². The Labute approximate surface area is 115 Å². The first-order valence-electron chi connectivity index (χ1n) is 5.87. The van der Waals surface area contributed by atoms with Gasteiger partial charge in [0.15, 0.2) is 11.5 Å². The van der Waals surface area contributed by atoms with Gasteiger partial charge in [-0.25, -0.2) is 4.39 Å². The SMILES string of the molecule is COc1cc(C(=O)[O-])ccc1OCc1ccccc1F. The molecule has 0 saturated heterocycles. The average molecular weight is 275 g/mol. The summed E-state index contributed by atoms with van der Waals surface area (Å²) in [6.45, 7) is 0.0215. The minimum absolute atomic E-state index is 0.0138. The van der Waals surface area contributed by atoms with Crippen LogP contribution in [0.25, 0.3) is 0 Å². The maximum absolute atomic E-state index is 13.4. The Hall–Kier alpha value is -2.56. The summed E-state index contributed by atoms with van der Waals surface area (Å²) in [5.41, 5.74) is 0.388. The topological polar surface area (TPSA) is 58.6 Å². The van der Waals surface area contributed by atoms with Crippen LogP contribution in [-0.4, -0.2) is 13.1 Å². The maximum Gasteiger partial charge on any atom is 0.161 e. The molecule has 5 heteroatoms. The quantitative estimate of drug-likeness (QED) is 0.834. The lowest BCUT2D eigenvalue weighted by molar-refractivity contribution is -0.255. The molecule has 0 spiro atoms. The highest BCUT2D eigenvalue weighted by Gasteiger charge is 2.08. The summed E-state index contributed by atoms with van der Waals surface area (Å²) >= 11 is 0. The summed E-state index contributed by atoms with van der Waals surface area (Å²) in [6.07, 6.45) is 0. The van der Waals surface area contributed by atoms with Crippen LogP contribution in [0.1, 0.15) is 15.9 Å². The molecule has 2 aromatic carbocycles. The van der Waals surface area contributed by atoms with E-state index in [0.29, 0.717) is 11.3 Å². The summed E-state index contributed by atoms with van der Waals surface area (Å²) in [5.74, 6) is -1.08. The fraction of sp³-hybridized carbons (Fsp3) is 0.133. The lowest BCUT2D eigenvalue weighted by Crippen LogP contribution is -2.22. The van der Waals surface area contributed by atoms with Gasteiger partial charge in [-0.1, -0.05) is 18.2 Å². The first-order valence-corrected chi connectivity index (χ1v) is 5.87. The molecule has 2 rings (SSSR count). The van der Waals surface area contributed by atoms with Crippen LogP contribution in [0.2, 0.25) is 0 Å². The molecule has 0 aliphatic rings. The second-order valence-electron chi connectivity index (χ2n) is 4.03. The van der Waals surface area contributed by atoms with Gasteiger partial charge in [-0.2, -0.15) is 0 Å². The van der Waals surface area contributed by atoms with Crippen molar-refractivity contribution in [2.45, 2.75) is 6.61 Å². The lowest BCUT2D eigenvalue weighted by Gasteiger charge is -2.13. The minimum Gasteiger partial charge on any atom is -0.545 e. The molecule has 104 valence electrons. The number of halogens is 1. The van der Waals surface area contributed by atoms with Gasteiger partial charge in [-0.3, -0.25) is 0 Å². The third-order valence-corrected chi connectivity index (χ3v) is 2.74. The molecule has 0 aromatic heterocycles. The minimum atomic E-state index is -1.30. The summed E-state index contributed by atoms with van der Waals surface area (Å²) in [7, 11) is 1.39. The number of hydrogen-bond acceptors (Lipinski definition) is 4. The van der Waals surface area contributed by atoms with E-state index in [0.717, 1.165) is 0 Å². The number of carboxylic acids is 1. The first-order chi connectivity index (χ1) is 9.61. The molecule has 0 N–H and O–H groups in total. The molecule has 0 aliphatic carbocycles. The first kappa shape index (κ1) is 13.9. The molecule has 4 nitrogen and oxygen atoms in total. The van der Waals surface area contributed by atoms with E-state index in [2.05, 4.69) is 0 Å². The Bertz CT molecular complexity index is 625. The Morgan fingerprint density at radius 2 is 1.95 bits per heavy atom. The average Bonchev–Trinajstić information content (AvgIpc) is 2.46. The zero-order valence-electron chi connectivity index (χ0n) is 10.8. The predicted molar refractivity (Wildman–Crippen MR) is 68.1 cm³/mol. The van der Waals surface area contributed by atoms with Crippen LogP contribution in [0, 0.1) is 5.82 Å². The number of carboxylic acid groups (broad SMARTS) is 1. The second kappa shape index (κ2) is 6.06. The van der Waals surface area contributed by atoms with Gasteiger partial charge in [0.25, 0.3) is 0 Å². The standard InChI is InChI=1S/C15H13FO4/c1-19-14-8-10(15(17)18)6-7-13(14)20-9-11-4-2-3-5-12(11)16/h2-8H,9H2,1H3,(H,17,18)/p-1. The Morgan fingerprint density at radius 3 is 2.60 bits per heavy atom. The number of methoxy groups -OCH3 is 1. The number of hydrogen-bond donors (Lipinski definition) is 0. The van der Waals surface area contributed by atoms with E-state index in [4.69, 9.17) is 9.47 Å². The van der Waals surface area contributed by atoms with Crippen LogP contribution in [0.5, 0.6) is 11.5 Å². The Kier molecular flexibility index (Phi) is 4.20. The molecule has 2 aromatic rings. The zero-order valence-corrected chi connectivity index (χ0v) is 10.8. The Morgan fingerprint density at radius 1 is 1.20 bits per heavy atom. The van der Waals surface area contributed by atoms with Crippen molar-refractivity contribution in [1.29, 1.82) is 0 Å². The summed E-state index contributed by atoms with van der Waals surface area (Å²) in [5, 5.41) is 10.7. The van der Waals surface area contributed by atoms with Gasteiger partial charge in [-0.05, 0) is 24.3 Å². The number of carbonyl (C=O) groups excluding carboxylic acids is 1. The molecular weight excluding hydrogens is 263 g/mol. The second-order valence-corrected chi connectivity index (χ2v) is 4.03. The van der Waals surface area contributed by atoms with Crippen LogP contribution in [0.15, 0.2) is 42.5 Å². The van der Waals surface area contributed by atoms with Gasteiger partial charge in [0.2, 0.25) is 0 Å². The zero-order chi connectivity index (χ0) is 14.5. The fourth-order valence-corrected chi connectivity index (χ4v) is 1.68. The molecular formula is C15H12FO4-. The van der Waals surface area contributed by atoms with Crippen molar-refractivity contribution in [2.24, 2.45) is 0 Å². The molecule has 0 heterocycles. The van der Waals surface area contributed by atoms with Gasteiger partial charge < -0.3 is 19.4 Å². The van der Waals surface area contributed by atoms with E-state index in [-0.39, 0.29) is 23.7 Å². The van der Waals surface area contributed by atoms with E-state index >= 15 is 0 Å². The highest BCUT2D eigenvalue weighted by atomic mass is 19.1. The van der Waals surface area contributed by atoms with Crippen molar-refractivity contribution < 1.29 is 23.8 Å². The summed E-state index contributed by atoms with van der Waals surface area (Å²) < 4.78 is 23.9. The molecule has 20 heavy (non-hydrogen) atoms. The monoisotopic (exact) mass is 275 g/mol. The largest absolute Gasteiger partial charge is 0.545 e. The number of ether oxygens (including phenoxy) is 2. The fourth-order valence-electron chi connectivity index (χ4n) is 1.68. The van der Waals surface area contributed by atoms with Crippen molar-refractivity contribution in [1.82, 2.24) is 0 Å². The van der Waals surface area contributed by atoms with Crippen molar-refractivity contribution in [3.05, 3.63) is 59.4 Å². The Balaban J connectivity index is 2.17.